The first-order valence-electron chi connectivity index (χ1n) is 5.52. The summed E-state index contributed by atoms with van der Waals surface area (Å²) in [5.41, 5.74) is 0. The largest absolute Gasteiger partial charge is 0.396 e. The maximum Gasteiger partial charge on any atom is 0.246 e. The highest BCUT2D eigenvalue weighted by atomic mass is 79.9. The molecule has 0 saturated carbocycles. The minimum atomic E-state index is 0.0328. The summed E-state index contributed by atoms with van der Waals surface area (Å²) in [6.45, 7) is 1.60. The summed E-state index contributed by atoms with van der Waals surface area (Å²) in [4.78, 5) is 14.7. The van der Waals surface area contributed by atoms with E-state index in [4.69, 9.17) is 5.11 Å². The summed E-state index contributed by atoms with van der Waals surface area (Å²) >= 11 is 4.98. The molecule has 1 aromatic rings. The highest BCUT2D eigenvalue weighted by molar-refractivity contribution is 9.11. The van der Waals surface area contributed by atoms with Crippen molar-refractivity contribution in [1.82, 2.24) is 4.90 Å². The van der Waals surface area contributed by atoms with Crippen molar-refractivity contribution in [1.29, 1.82) is 0 Å². The van der Waals surface area contributed by atoms with E-state index in [-0.39, 0.29) is 18.4 Å². The number of hydrogen-bond donors (Lipinski definition) is 1. The van der Waals surface area contributed by atoms with Gasteiger partial charge in [0.05, 0.1) is 3.79 Å². The molecular weight excluding hydrogens is 302 g/mol. The summed E-state index contributed by atoms with van der Waals surface area (Å²) in [6.07, 6.45) is 4.35. The first kappa shape index (κ1) is 12.8. The van der Waals surface area contributed by atoms with Gasteiger partial charge in [0.1, 0.15) is 0 Å². The third kappa shape index (κ3) is 3.40. The molecule has 1 aliphatic heterocycles. The number of likely N-dealkylation sites (tertiary alicyclic amines) is 1. The summed E-state index contributed by atoms with van der Waals surface area (Å²) in [5.74, 6) is 0.286. The van der Waals surface area contributed by atoms with Crippen molar-refractivity contribution in [3.8, 4) is 0 Å². The van der Waals surface area contributed by atoms with Gasteiger partial charge in [0.15, 0.2) is 0 Å². The summed E-state index contributed by atoms with van der Waals surface area (Å²) in [5, 5.41) is 9.02. The van der Waals surface area contributed by atoms with Crippen LogP contribution in [0.25, 0.3) is 6.08 Å². The van der Waals surface area contributed by atoms with Crippen molar-refractivity contribution >= 4 is 39.2 Å². The fourth-order valence-corrected chi connectivity index (χ4v) is 3.18. The van der Waals surface area contributed by atoms with Crippen LogP contribution in [-0.4, -0.2) is 35.6 Å². The average molecular weight is 316 g/mol. The Bertz CT molecular complexity index is 430. The third-order valence-electron chi connectivity index (χ3n) is 2.84. The molecule has 2 rings (SSSR count). The molecule has 1 atom stereocenters. The van der Waals surface area contributed by atoms with Crippen LogP contribution in [0.5, 0.6) is 0 Å². The molecule has 3 nitrogen and oxygen atoms in total. The lowest BCUT2D eigenvalue weighted by Crippen LogP contribution is -2.27. The predicted molar refractivity (Wildman–Crippen MR) is 72.8 cm³/mol. The van der Waals surface area contributed by atoms with Gasteiger partial charge in [0, 0.05) is 36.6 Å². The fourth-order valence-electron chi connectivity index (χ4n) is 1.86. The molecule has 17 heavy (non-hydrogen) atoms. The molecule has 1 aliphatic rings. The normalized spacial score (nSPS) is 20.4. The third-order valence-corrected chi connectivity index (χ3v) is 4.43. The summed E-state index contributed by atoms with van der Waals surface area (Å²) in [6, 6.07) is 3.94. The monoisotopic (exact) mass is 315 g/mol. The predicted octanol–water partition coefficient (Wildman–Crippen LogP) is 2.36. The Labute approximate surface area is 113 Å². The maximum absolute atomic E-state index is 11.8. The van der Waals surface area contributed by atoms with Gasteiger partial charge in [-0.2, -0.15) is 0 Å². The number of amides is 1. The van der Waals surface area contributed by atoms with E-state index in [1.165, 1.54) is 0 Å². The van der Waals surface area contributed by atoms with Crippen LogP contribution in [0, 0.1) is 5.92 Å². The van der Waals surface area contributed by atoms with Crippen LogP contribution in [0.4, 0.5) is 0 Å². The maximum atomic E-state index is 11.8. The zero-order valence-electron chi connectivity index (χ0n) is 9.30. The zero-order chi connectivity index (χ0) is 12.3. The molecule has 5 heteroatoms. The lowest BCUT2D eigenvalue weighted by molar-refractivity contribution is -0.125. The van der Waals surface area contributed by atoms with Crippen LogP contribution in [-0.2, 0) is 4.79 Å². The van der Waals surface area contributed by atoms with E-state index in [1.54, 1.807) is 22.3 Å². The van der Waals surface area contributed by atoms with E-state index in [2.05, 4.69) is 15.9 Å². The van der Waals surface area contributed by atoms with Crippen molar-refractivity contribution in [3.63, 3.8) is 0 Å². The number of carbonyl (C=O) groups excluding carboxylic acids is 1. The van der Waals surface area contributed by atoms with Crippen LogP contribution in [0.15, 0.2) is 22.0 Å². The van der Waals surface area contributed by atoms with Gasteiger partial charge in [-0.15, -0.1) is 11.3 Å². The molecule has 0 spiro atoms. The molecular formula is C12H14BrNO2S. The number of nitrogens with zero attached hydrogens (tertiary/aromatic N) is 1. The molecule has 1 aromatic heterocycles. The minimum absolute atomic E-state index is 0.0328. The molecule has 2 heterocycles. The Morgan fingerprint density at radius 1 is 1.65 bits per heavy atom. The van der Waals surface area contributed by atoms with Crippen LogP contribution >= 0.6 is 27.3 Å². The first-order valence-corrected chi connectivity index (χ1v) is 7.13. The van der Waals surface area contributed by atoms with E-state index >= 15 is 0 Å². The smallest absolute Gasteiger partial charge is 0.246 e. The topological polar surface area (TPSA) is 40.5 Å². The zero-order valence-corrected chi connectivity index (χ0v) is 11.7. The number of thiophene rings is 1. The second-order valence-electron chi connectivity index (χ2n) is 4.10. The number of aliphatic hydroxyl groups is 1. The average Bonchev–Trinajstić information content (AvgIpc) is 2.94. The second kappa shape index (κ2) is 5.80. The number of aliphatic hydroxyl groups excluding tert-OH is 1. The first-order chi connectivity index (χ1) is 8.19. The van der Waals surface area contributed by atoms with E-state index in [9.17, 15) is 4.79 Å². The number of carbonyl (C=O) groups is 1. The fraction of sp³-hybridized carbons (Fsp3) is 0.417. The minimum Gasteiger partial charge on any atom is -0.396 e. The van der Waals surface area contributed by atoms with Crippen molar-refractivity contribution in [3.05, 3.63) is 26.9 Å². The van der Waals surface area contributed by atoms with Gasteiger partial charge in [0.25, 0.3) is 0 Å². The SMILES string of the molecule is O=C(C=Cc1ccc(Br)s1)N1CCC(CO)C1. The van der Waals surface area contributed by atoms with Gasteiger partial charge >= 0.3 is 0 Å². The van der Waals surface area contributed by atoms with E-state index in [0.29, 0.717) is 6.54 Å². The molecule has 0 radical (unpaired) electrons. The van der Waals surface area contributed by atoms with Gasteiger partial charge < -0.3 is 10.0 Å². The Kier molecular flexibility index (Phi) is 4.36. The lowest BCUT2D eigenvalue weighted by Gasteiger charge is -2.13. The molecule has 1 fully saturated rings. The van der Waals surface area contributed by atoms with Gasteiger partial charge in [-0.1, -0.05) is 0 Å². The van der Waals surface area contributed by atoms with E-state index in [0.717, 1.165) is 21.6 Å². The van der Waals surface area contributed by atoms with E-state index in [1.807, 2.05) is 18.2 Å². The highest BCUT2D eigenvalue weighted by Gasteiger charge is 2.23. The van der Waals surface area contributed by atoms with Crippen molar-refractivity contribution in [2.45, 2.75) is 6.42 Å². The Morgan fingerprint density at radius 3 is 3.06 bits per heavy atom. The Morgan fingerprint density at radius 2 is 2.47 bits per heavy atom. The van der Waals surface area contributed by atoms with Gasteiger partial charge in [-0.25, -0.2) is 0 Å². The van der Waals surface area contributed by atoms with Crippen LogP contribution < -0.4 is 0 Å². The molecule has 0 bridgehead atoms. The highest BCUT2D eigenvalue weighted by Crippen LogP contribution is 2.23. The molecule has 1 unspecified atom stereocenters. The molecule has 0 aromatic carbocycles. The molecule has 1 N–H and O–H groups in total. The second-order valence-corrected chi connectivity index (χ2v) is 6.59. The van der Waals surface area contributed by atoms with Crippen molar-refractivity contribution < 1.29 is 9.90 Å². The molecule has 0 aliphatic carbocycles. The Hall–Kier alpha value is -0.650. The van der Waals surface area contributed by atoms with Gasteiger partial charge in [-0.05, 0) is 40.6 Å². The molecule has 1 saturated heterocycles. The number of rotatable bonds is 3. The quantitative estimate of drug-likeness (QED) is 0.870. The molecule has 1 amide bonds. The van der Waals surface area contributed by atoms with Crippen LogP contribution in [0.3, 0.4) is 0 Å². The summed E-state index contributed by atoms with van der Waals surface area (Å²) in [7, 11) is 0. The van der Waals surface area contributed by atoms with Gasteiger partial charge in [-0.3, -0.25) is 4.79 Å². The van der Waals surface area contributed by atoms with Crippen LogP contribution in [0.1, 0.15) is 11.3 Å². The van der Waals surface area contributed by atoms with Crippen LogP contribution in [0.2, 0.25) is 0 Å². The van der Waals surface area contributed by atoms with E-state index < -0.39 is 0 Å². The lowest BCUT2D eigenvalue weighted by atomic mass is 10.1. The number of hydrogen-bond acceptors (Lipinski definition) is 3. The molecule has 92 valence electrons. The summed E-state index contributed by atoms with van der Waals surface area (Å²) < 4.78 is 1.06. The standard InChI is InChI=1S/C12H14BrNO2S/c13-11-3-1-10(17-11)2-4-12(16)14-6-5-9(7-14)8-15/h1-4,9,15H,5-8H2. The van der Waals surface area contributed by atoms with Gasteiger partial charge in [0.2, 0.25) is 5.91 Å². The van der Waals surface area contributed by atoms with Crippen molar-refractivity contribution in [2.24, 2.45) is 5.92 Å². The number of halogens is 1. The Balaban J connectivity index is 1.91. The van der Waals surface area contributed by atoms with Crippen molar-refractivity contribution in [2.75, 3.05) is 19.7 Å².